The molecule has 0 bridgehead atoms. The first-order chi connectivity index (χ1) is 14.2. The summed E-state index contributed by atoms with van der Waals surface area (Å²) in [7, 11) is -3.82. The van der Waals surface area contributed by atoms with Crippen LogP contribution in [-0.4, -0.2) is 44.5 Å². The van der Waals surface area contributed by atoms with Crippen LogP contribution >= 0.6 is 0 Å². The Balaban J connectivity index is 1.84. The third kappa shape index (κ3) is 5.02. The van der Waals surface area contributed by atoms with E-state index in [1.165, 1.54) is 0 Å². The third-order valence-corrected chi connectivity index (χ3v) is 6.86. The molecule has 1 saturated heterocycles. The van der Waals surface area contributed by atoms with Crippen LogP contribution in [0.25, 0.3) is 0 Å². The van der Waals surface area contributed by atoms with Crippen molar-refractivity contribution in [3.63, 3.8) is 0 Å². The molecule has 2 aromatic rings. The minimum absolute atomic E-state index is 0.0643. The maximum atomic E-state index is 13.1. The van der Waals surface area contributed by atoms with Gasteiger partial charge in [0.2, 0.25) is 0 Å². The molecule has 1 heterocycles. The Hall–Kier alpha value is -2.38. The van der Waals surface area contributed by atoms with E-state index in [9.17, 15) is 13.2 Å². The number of anilines is 1. The molecule has 0 saturated carbocycles. The normalized spacial score (nSPS) is 20.6. The standard InChI is InChI=1S/C23H30N2O4S/c1-5-16(2)19-10-12-20(13-11-19)30(27,28)24-22-9-7-6-8-21(22)23(26)25-14-17(3)29-18(4)15-25/h6-13,16-18,24H,5,14-15H2,1-4H3/t16-,17+,18+/m0/s1. The summed E-state index contributed by atoms with van der Waals surface area (Å²) in [6.07, 6.45) is 0.856. The van der Waals surface area contributed by atoms with Crippen molar-refractivity contribution in [2.75, 3.05) is 17.8 Å². The number of sulfonamides is 1. The number of nitrogens with one attached hydrogen (secondary N) is 1. The van der Waals surface area contributed by atoms with Crippen LogP contribution < -0.4 is 4.72 Å². The van der Waals surface area contributed by atoms with E-state index in [2.05, 4.69) is 18.6 Å². The third-order valence-electron chi connectivity index (χ3n) is 5.48. The van der Waals surface area contributed by atoms with E-state index in [0.717, 1.165) is 12.0 Å². The number of carbonyl (C=O) groups is 1. The van der Waals surface area contributed by atoms with Gasteiger partial charge in [0, 0.05) is 13.1 Å². The lowest BCUT2D eigenvalue weighted by Gasteiger charge is -2.35. The van der Waals surface area contributed by atoms with Crippen molar-refractivity contribution < 1.29 is 17.9 Å². The molecule has 162 valence electrons. The molecule has 1 aliphatic rings. The predicted molar refractivity (Wildman–Crippen MR) is 118 cm³/mol. The number of amides is 1. The van der Waals surface area contributed by atoms with Crippen LogP contribution in [-0.2, 0) is 14.8 Å². The van der Waals surface area contributed by atoms with E-state index >= 15 is 0 Å². The zero-order valence-electron chi connectivity index (χ0n) is 18.0. The van der Waals surface area contributed by atoms with Gasteiger partial charge in [0.15, 0.2) is 0 Å². The maximum absolute atomic E-state index is 13.1. The molecule has 0 unspecified atom stereocenters. The summed E-state index contributed by atoms with van der Waals surface area (Å²) < 4.78 is 34.2. The Morgan fingerprint density at radius 2 is 1.70 bits per heavy atom. The fourth-order valence-electron chi connectivity index (χ4n) is 3.69. The van der Waals surface area contributed by atoms with Gasteiger partial charge in [-0.25, -0.2) is 8.42 Å². The molecular weight excluding hydrogens is 400 g/mol. The van der Waals surface area contributed by atoms with Crippen molar-refractivity contribution >= 4 is 21.6 Å². The number of carbonyl (C=O) groups excluding carboxylic acids is 1. The van der Waals surface area contributed by atoms with Crippen molar-refractivity contribution in [1.82, 2.24) is 4.90 Å². The first kappa shape index (κ1) is 22.3. The summed E-state index contributed by atoms with van der Waals surface area (Å²) >= 11 is 0. The Kier molecular flexibility index (Phi) is 6.83. The number of rotatable bonds is 6. The molecule has 0 aromatic heterocycles. The fourth-order valence-corrected chi connectivity index (χ4v) is 4.77. The molecule has 30 heavy (non-hydrogen) atoms. The van der Waals surface area contributed by atoms with Gasteiger partial charge in [-0.3, -0.25) is 9.52 Å². The zero-order valence-corrected chi connectivity index (χ0v) is 18.8. The van der Waals surface area contributed by atoms with Gasteiger partial charge in [-0.2, -0.15) is 0 Å². The molecular formula is C23H30N2O4S. The second kappa shape index (κ2) is 9.18. The van der Waals surface area contributed by atoms with Crippen molar-refractivity contribution in [3.8, 4) is 0 Å². The van der Waals surface area contributed by atoms with Gasteiger partial charge >= 0.3 is 0 Å². The number of ether oxygens (including phenoxy) is 1. The van der Waals surface area contributed by atoms with Gasteiger partial charge in [0.25, 0.3) is 15.9 Å². The highest BCUT2D eigenvalue weighted by Crippen LogP contribution is 2.25. The first-order valence-corrected chi connectivity index (χ1v) is 11.9. The minimum Gasteiger partial charge on any atom is -0.372 e. The van der Waals surface area contributed by atoms with Crippen molar-refractivity contribution in [3.05, 3.63) is 59.7 Å². The van der Waals surface area contributed by atoms with Crippen LogP contribution in [0.2, 0.25) is 0 Å². The maximum Gasteiger partial charge on any atom is 0.261 e. The summed E-state index contributed by atoms with van der Waals surface area (Å²) in [5, 5.41) is 0. The SMILES string of the molecule is CC[C@H](C)c1ccc(S(=O)(=O)Nc2ccccc2C(=O)N2C[C@@H](C)O[C@H](C)C2)cc1. The summed E-state index contributed by atoms with van der Waals surface area (Å²) in [4.78, 5) is 15.0. The van der Waals surface area contributed by atoms with E-state index in [1.807, 2.05) is 26.0 Å². The second-order valence-electron chi connectivity index (χ2n) is 8.00. The van der Waals surface area contributed by atoms with E-state index in [1.54, 1.807) is 41.3 Å². The summed E-state index contributed by atoms with van der Waals surface area (Å²) in [6, 6.07) is 13.6. The van der Waals surface area contributed by atoms with Gasteiger partial charge in [0.05, 0.1) is 28.4 Å². The van der Waals surface area contributed by atoms with Crippen LogP contribution in [0.5, 0.6) is 0 Å². The Morgan fingerprint density at radius 3 is 2.30 bits per heavy atom. The lowest BCUT2D eigenvalue weighted by Crippen LogP contribution is -2.48. The summed E-state index contributed by atoms with van der Waals surface area (Å²) in [5.74, 6) is 0.161. The van der Waals surface area contributed by atoms with Crippen LogP contribution in [0.3, 0.4) is 0 Å². The molecule has 2 aromatic carbocycles. The lowest BCUT2D eigenvalue weighted by atomic mass is 9.99. The summed E-state index contributed by atoms with van der Waals surface area (Å²) in [6.45, 7) is 9.00. The Bertz CT molecular complexity index is 979. The number of hydrogen-bond acceptors (Lipinski definition) is 4. The fraction of sp³-hybridized carbons (Fsp3) is 0.435. The number of nitrogens with zero attached hydrogens (tertiary/aromatic N) is 1. The van der Waals surface area contributed by atoms with Crippen LogP contribution in [0.4, 0.5) is 5.69 Å². The molecule has 0 spiro atoms. The lowest BCUT2D eigenvalue weighted by molar-refractivity contribution is -0.0585. The number of morpholine rings is 1. The number of para-hydroxylation sites is 1. The molecule has 6 nitrogen and oxygen atoms in total. The van der Waals surface area contributed by atoms with Crippen LogP contribution in [0.1, 0.15) is 56.0 Å². The highest BCUT2D eigenvalue weighted by molar-refractivity contribution is 7.92. The quantitative estimate of drug-likeness (QED) is 0.743. The molecule has 0 radical (unpaired) electrons. The summed E-state index contributed by atoms with van der Waals surface area (Å²) in [5.41, 5.74) is 1.71. The molecule has 1 N–H and O–H groups in total. The molecule has 1 aliphatic heterocycles. The Morgan fingerprint density at radius 1 is 1.10 bits per heavy atom. The predicted octanol–water partition coefficient (Wildman–Crippen LogP) is 4.25. The largest absolute Gasteiger partial charge is 0.372 e. The van der Waals surface area contributed by atoms with Gasteiger partial charge < -0.3 is 9.64 Å². The van der Waals surface area contributed by atoms with E-state index in [0.29, 0.717) is 24.6 Å². The highest BCUT2D eigenvalue weighted by Gasteiger charge is 2.28. The van der Waals surface area contributed by atoms with Crippen molar-refractivity contribution in [1.29, 1.82) is 0 Å². The molecule has 3 atom stereocenters. The van der Waals surface area contributed by atoms with E-state index < -0.39 is 10.0 Å². The van der Waals surface area contributed by atoms with Gasteiger partial charge in [-0.1, -0.05) is 38.1 Å². The van der Waals surface area contributed by atoms with Crippen molar-refractivity contribution in [2.45, 2.75) is 57.1 Å². The average molecular weight is 431 g/mol. The van der Waals surface area contributed by atoms with Gasteiger partial charge in [-0.05, 0) is 56.0 Å². The number of hydrogen-bond donors (Lipinski definition) is 1. The first-order valence-electron chi connectivity index (χ1n) is 10.4. The second-order valence-corrected chi connectivity index (χ2v) is 9.68. The molecule has 7 heteroatoms. The highest BCUT2D eigenvalue weighted by atomic mass is 32.2. The van der Waals surface area contributed by atoms with Crippen LogP contribution in [0, 0.1) is 0 Å². The molecule has 1 fully saturated rings. The topological polar surface area (TPSA) is 75.7 Å². The van der Waals surface area contributed by atoms with E-state index in [4.69, 9.17) is 4.74 Å². The smallest absolute Gasteiger partial charge is 0.261 e. The molecule has 0 aliphatic carbocycles. The Labute approximate surface area is 179 Å². The monoisotopic (exact) mass is 430 g/mol. The molecule has 3 rings (SSSR count). The number of benzene rings is 2. The van der Waals surface area contributed by atoms with Gasteiger partial charge in [-0.15, -0.1) is 0 Å². The van der Waals surface area contributed by atoms with E-state index in [-0.39, 0.29) is 28.7 Å². The zero-order chi connectivity index (χ0) is 21.9. The minimum atomic E-state index is -3.82. The van der Waals surface area contributed by atoms with Crippen molar-refractivity contribution in [2.24, 2.45) is 0 Å². The van der Waals surface area contributed by atoms with Crippen LogP contribution in [0.15, 0.2) is 53.4 Å². The van der Waals surface area contributed by atoms with Gasteiger partial charge in [0.1, 0.15) is 0 Å². The molecule has 1 amide bonds. The average Bonchev–Trinajstić information content (AvgIpc) is 2.72.